The fraction of sp³-hybridized carbons (Fsp3) is 0.333. The molecule has 0 amide bonds. The Labute approximate surface area is 178 Å². The van der Waals surface area contributed by atoms with E-state index in [4.69, 9.17) is 38.1 Å². The van der Waals surface area contributed by atoms with Gasteiger partial charge in [0.05, 0.1) is 23.8 Å². The standard InChI is InChI=1S/C21H22Cl2N2O4/c22-13-6-17(23)16-8-14(29-20(16)7-13)9-28-19-3-1-2-18-15(19)4-5-25(18)10-21(24,11-26)12-27/h1-3,6-8,26-27H,4-5,9-12,24H2. The van der Waals surface area contributed by atoms with Crippen molar-refractivity contribution >= 4 is 39.9 Å². The minimum atomic E-state index is -1.05. The van der Waals surface area contributed by atoms with Gasteiger partial charge in [0.1, 0.15) is 23.7 Å². The number of aliphatic hydroxyl groups excluding tert-OH is 2. The molecular weight excluding hydrogens is 415 g/mol. The third-order valence-electron chi connectivity index (χ3n) is 5.19. The van der Waals surface area contributed by atoms with Crippen molar-refractivity contribution in [3.8, 4) is 5.75 Å². The van der Waals surface area contributed by atoms with Crippen LogP contribution in [0.1, 0.15) is 11.3 Å². The first-order valence-electron chi connectivity index (χ1n) is 9.30. The zero-order valence-electron chi connectivity index (χ0n) is 15.7. The quantitative estimate of drug-likeness (QED) is 0.525. The van der Waals surface area contributed by atoms with E-state index in [0.717, 1.165) is 35.4 Å². The molecule has 0 atom stereocenters. The lowest BCUT2D eigenvalue weighted by Crippen LogP contribution is -2.55. The van der Waals surface area contributed by atoms with Gasteiger partial charge in [-0.2, -0.15) is 0 Å². The Bertz CT molecular complexity index is 1030. The second-order valence-corrected chi connectivity index (χ2v) is 8.25. The van der Waals surface area contributed by atoms with E-state index < -0.39 is 5.54 Å². The van der Waals surface area contributed by atoms with Crippen LogP contribution < -0.4 is 15.4 Å². The van der Waals surface area contributed by atoms with Crippen LogP contribution in [-0.2, 0) is 13.0 Å². The molecule has 8 heteroatoms. The molecule has 4 rings (SSSR count). The predicted molar refractivity (Wildman–Crippen MR) is 114 cm³/mol. The van der Waals surface area contributed by atoms with E-state index in [1.54, 1.807) is 12.1 Å². The first-order valence-corrected chi connectivity index (χ1v) is 10.1. The summed E-state index contributed by atoms with van der Waals surface area (Å²) in [7, 11) is 0. The zero-order chi connectivity index (χ0) is 20.6. The van der Waals surface area contributed by atoms with Gasteiger partial charge in [0.25, 0.3) is 0 Å². The highest BCUT2D eigenvalue weighted by atomic mass is 35.5. The number of furan rings is 1. The molecule has 0 aliphatic carbocycles. The summed E-state index contributed by atoms with van der Waals surface area (Å²) in [4.78, 5) is 2.07. The van der Waals surface area contributed by atoms with Gasteiger partial charge in [0.2, 0.25) is 0 Å². The zero-order valence-corrected chi connectivity index (χ0v) is 17.2. The number of benzene rings is 2. The van der Waals surface area contributed by atoms with Gasteiger partial charge >= 0.3 is 0 Å². The molecule has 0 bridgehead atoms. The summed E-state index contributed by atoms with van der Waals surface area (Å²) in [5.74, 6) is 1.42. The third kappa shape index (κ3) is 4.04. The molecule has 3 aromatic rings. The number of nitrogens with two attached hydrogens (primary N) is 1. The molecule has 0 spiro atoms. The van der Waals surface area contributed by atoms with Crippen LogP contribution in [0.15, 0.2) is 40.8 Å². The lowest BCUT2D eigenvalue weighted by atomic mass is 10.0. The molecule has 4 N–H and O–H groups in total. The average Bonchev–Trinajstić information content (AvgIpc) is 3.30. The van der Waals surface area contributed by atoms with Crippen molar-refractivity contribution in [1.82, 2.24) is 0 Å². The molecule has 0 fully saturated rings. The van der Waals surface area contributed by atoms with E-state index >= 15 is 0 Å². The van der Waals surface area contributed by atoms with Crippen molar-refractivity contribution in [3.63, 3.8) is 0 Å². The average molecular weight is 437 g/mol. The van der Waals surface area contributed by atoms with Crippen molar-refractivity contribution in [2.24, 2.45) is 5.73 Å². The lowest BCUT2D eigenvalue weighted by Gasteiger charge is -2.31. The summed E-state index contributed by atoms with van der Waals surface area (Å²) in [6.07, 6.45) is 0.792. The Morgan fingerprint density at radius 2 is 1.97 bits per heavy atom. The van der Waals surface area contributed by atoms with Crippen LogP contribution in [-0.4, -0.2) is 42.1 Å². The van der Waals surface area contributed by atoms with Gasteiger partial charge in [-0.25, -0.2) is 0 Å². The molecule has 2 aromatic carbocycles. The summed E-state index contributed by atoms with van der Waals surface area (Å²) in [6, 6.07) is 11.1. The molecule has 0 saturated heterocycles. The van der Waals surface area contributed by atoms with E-state index in [2.05, 4.69) is 4.90 Å². The Balaban J connectivity index is 1.52. The van der Waals surface area contributed by atoms with Crippen LogP contribution in [0.3, 0.4) is 0 Å². The predicted octanol–water partition coefficient (Wildman–Crippen LogP) is 3.36. The van der Waals surface area contributed by atoms with Crippen LogP contribution >= 0.6 is 23.2 Å². The van der Waals surface area contributed by atoms with Crippen molar-refractivity contribution in [1.29, 1.82) is 0 Å². The van der Waals surface area contributed by atoms with Gasteiger partial charge in [-0.1, -0.05) is 29.3 Å². The van der Waals surface area contributed by atoms with E-state index in [1.165, 1.54) is 0 Å². The van der Waals surface area contributed by atoms with E-state index in [-0.39, 0.29) is 19.8 Å². The highest BCUT2D eigenvalue weighted by Gasteiger charge is 2.31. The molecule has 6 nitrogen and oxygen atoms in total. The van der Waals surface area contributed by atoms with Crippen molar-refractivity contribution in [2.75, 3.05) is 31.2 Å². The van der Waals surface area contributed by atoms with Crippen LogP contribution in [0.5, 0.6) is 5.75 Å². The van der Waals surface area contributed by atoms with Gasteiger partial charge in [-0.15, -0.1) is 0 Å². The lowest BCUT2D eigenvalue weighted by molar-refractivity contribution is 0.125. The van der Waals surface area contributed by atoms with Crippen molar-refractivity contribution in [2.45, 2.75) is 18.6 Å². The molecular formula is C21H22Cl2N2O4. The smallest absolute Gasteiger partial charge is 0.146 e. The highest BCUT2D eigenvalue weighted by Crippen LogP contribution is 2.36. The number of aliphatic hydroxyl groups is 2. The molecule has 2 heterocycles. The molecule has 29 heavy (non-hydrogen) atoms. The van der Waals surface area contributed by atoms with E-state index in [9.17, 15) is 10.2 Å². The minimum absolute atomic E-state index is 0.257. The summed E-state index contributed by atoms with van der Waals surface area (Å²) >= 11 is 12.3. The molecule has 1 aromatic heterocycles. The molecule has 0 saturated carbocycles. The van der Waals surface area contributed by atoms with Gasteiger partial charge in [0.15, 0.2) is 0 Å². The summed E-state index contributed by atoms with van der Waals surface area (Å²) in [6.45, 7) is 0.786. The van der Waals surface area contributed by atoms with Crippen LogP contribution in [0, 0.1) is 0 Å². The van der Waals surface area contributed by atoms with Crippen LogP contribution in [0.4, 0.5) is 5.69 Å². The Morgan fingerprint density at radius 3 is 2.72 bits per heavy atom. The summed E-state index contributed by atoms with van der Waals surface area (Å²) in [5, 5.41) is 20.8. The maximum Gasteiger partial charge on any atom is 0.146 e. The number of hydrogen-bond acceptors (Lipinski definition) is 6. The third-order valence-corrected chi connectivity index (χ3v) is 5.72. The van der Waals surface area contributed by atoms with E-state index in [0.29, 0.717) is 27.9 Å². The molecule has 0 radical (unpaired) electrons. The number of fused-ring (bicyclic) bond motifs is 2. The Hall–Kier alpha value is -1.96. The fourth-order valence-corrected chi connectivity index (χ4v) is 4.17. The molecule has 0 unspecified atom stereocenters. The second kappa shape index (κ2) is 8.05. The van der Waals surface area contributed by atoms with Crippen LogP contribution in [0.25, 0.3) is 11.0 Å². The van der Waals surface area contributed by atoms with Gasteiger partial charge in [0, 0.05) is 40.8 Å². The number of hydrogen-bond donors (Lipinski definition) is 3. The van der Waals surface area contributed by atoms with Gasteiger partial charge in [-0.05, 0) is 30.7 Å². The largest absolute Gasteiger partial charge is 0.485 e. The number of halogens is 2. The Kier molecular flexibility index (Phi) is 5.64. The van der Waals surface area contributed by atoms with E-state index in [1.807, 2.05) is 24.3 Å². The van der Waals surface area contributed by atoms with Crippen LogP contribution in [0.2, 0.25) is 10.0 Å². The number of rotatable bonds is 7. The van der Waals surface area contributed by atoms with Gasteiger partial charge < -0.3 is 30.0 Å². The topological polar surface area (TPSA) is 92.1 Å². The van der Waals surface area contributed by atoms with Crippen molar-refractivity contribution < 1.29 is 19.4 Å². The first-order chi connectivity index (χ1) is 13.9. The molecule has 1 aliphatic heterocycles. The maximum atomic E-state index is 9.49. The second-order valence-electron chi connectivity index (χ2n) is 7.40. The summed E-state index contributed by atoms with van der Waals surface area (Å²) < 4.78 is 11.8. The number of nitrogens with zero attached hydrogens (tertiary/aromatic N) is 1. The van der Waals surface area contributed by atoms with Gasteiger partial charge in [-0.3, -0.25) is 0 Å². The summed E-state index contributed by atoms with van der Waals surface area (Å²) in [5.41, 5.74) is 7.71. The number of ether oxygens (including phenoxy) is 1. The molecule has 1 aliphatic rings. The van der Waals surface area contributed by atoms with Crippen molar-refractivity contribution in [3.05, 3.63) is 57.8 Å². The number of anilines is 1. The SMILES string of the molecule is NC(CO)(CO)CN1CCc2c(OCc3cc4c(Cl)cc(Cl)cc4o3)cccc21. The fourth-order valence-electron chi connectivity index (χ4n) is 3.64. The monoisotopic (exact) mass is 436 g/mol. The first kappa shape index (κ1) is 20.3. The Morgan fingerprint density at radius 1 is 1.17 bits per heavy atom. The highest BCUT2D eigenvalue weighted by molar-refractivity contribution is 6.38. The molecule has 154 valence electrons. The minimum Gasteiger partial charge on any atom is -0.485 e. The normalized spacial score (nSPS) is 13.9. The maximum absolute atomic E-state index is 9.49.